The Morgan fingerprint density at radius 1 is 1.17 bits per heavy atom. The van der Waals surface area contributed by atoms with Crippen LogP contribution in [0.4, 0.5) is 0 Å². The van der Waals surface area contributed by atoms with Gasteiger partial charge in [-0.15, -0.1) is 5.10 Å². The molecule has 1 unspecified atom stereocenters. The molecule has 0 saturated heterocycles. The third-order valence-corrected chi connectivity index (χ3v) is 5.42. The van der Waals surface area contributed by atoms with E-state index in [0.29, 0.717) is 12.2 Å². The second kappa shape index (κ2) is 9.15. The van der Waals surface area contributed by atoms with Crippen molar-refractivity contribution < 1.29 is 9.69 Å². The smallest absolute Gasteiger partial charge is 0.251 e. The summed E-state index contributed by atoms with van der Waals surface area (Å²) < 4.78 is 4.73. The third-order valence-electron chi connectivity index (χ3n) is 4.99. The molecule has 2 aromatic carbocycles. The van der Waals surface area contributed by atoms with Gasteiger partial charge in [0.15, 0.2) is 12.5 Å². The lowest BCUT2D eigenvalue weighted by Gasteiger charge is -2.14. The average Bonchev–Trinajstić information content (AvgIpc) is 3.03. The summed E-state index contributed by atoms with van der Waals surface area (Å²) in [6.07, 6.45) is 0. The van der Waals surface area contributed by atoms with Crippen LogP contribution in [0.3, 0.4) is 0 Å². The number of carbonyl (C=O) groups excluding carboxylic acids is 1. The van der Waals surface area contributed by atoms with Gasteiger partial charge in [-0.05, 0) is 43.8 Å². The van der Waals surface area contributed by atoms with Crippen LogP contribution in [0.5, 0.6) is 0 Å². The van der Waals surface area contributed by atoms with Crippen molar-refractivity contribution in [1.82, 2.24) is 19.7 Å². The molecule has 0 fully saturated rings. The fourth-order valence-electron chi connectivity index (χ4n) is 3.43. The maximum absolute atomic E-state index is 11.7. The Balaban J connectivity index is 1.79. The third kappa shape index (κ3) is 4.63. The molecule has 0 saturated carbocycles. The lowest BCUT2D eigenvalue weighted by Crippen LogP contribution is -3.07. The van der Waals surface area contributed by atoms with Gasteiger partial charge in [-0.2, -0.15) is 4.68 Å². The number of hydrogen-bond donors (Lipinski definition) is 2. The van der Waals surface area contributed by atoms with E-state index in [2.05, 4.69) is 42.9 Å². The molecular formula is C22H28N5OS+. The van der Waals surface area contributed by atoms with E-state index in [0.717, 1.165) is 34.8 Å². The highest BCUT2D eigenvalue weighted by molar-refractivity contribution is 7.71. The molecule has 1 atom stereocenters. The Labute approximate surface area is 176 Å². The van der Waals surface area contributed by atoms with Crippen LogP contribution in [0.25, 0.3) is 11.4 Å². The van der Waals surface area contributed by atoms with Crippen molar-refractivity contribution in [2.75, 3.05) is 14.1 Å². The number of quaternary nitrogens is 1. The zero-order chi connectivity index (χ0) is 21.0. The minimum Gasteiger partial charge on any atom is -0.355 e. The lowest BCUT2D eigenvalue weighted by atomic mass is 10.1. The van der Waals surface area contributed by atoms with Crippen LogP contribution >= 0.6 is 12.2 Å². The summed E-state index contributed by atoms with van der Waals surface area (Å²) >= 11 is 5.70. The van der Waals surface area contributed by atoms with E-state index >= 15 is 0 Å². The molecule has 0 aliphatic rings. The Morgan fingerprint density at radius 3 is 2.48 bits per heavy atom. The number of aryl methyl sites for hydroxylation is 1. The summed E-state index contributed by atoms with van der Waals surface area (Å²) in [5, 5.41) is 7.48. The van der Waals surface area contributed by atoms with E-state index in [4.69, 9.17) is 17.3 Å². The average molecular weight is 411 g/mol. The molecule has 3 rings (SSSR count). The quantitative estimate of drug-likeness (QED) is 0.589. The molecule has 1 heterocycles. The molecule has 1 aromatic heterocycles. The standard InChI is InChI=1S/C22H27N5OS/c1-5-26-20(19-9-7-6-8-16(19)2)24-27(22(26)29)15-25(4)14-17-10-12-18(13-11-17)21(28)23-3/h6-13H,5,14-15H2,1-4H3,(H,23,28)/p+1. The zero-order valence-corrected chi connectivity index (χ0v) is 18.2. The van der Waals surface area contributed by atoms with E-state index in [1.54, 1.807) is 7.05 Å². The number of rotatable bonds is 7. The highest BCUT2D eigenvalue weighted by atomic mass is 32.1. The van der Waals surface area contributed by atoms with Crippen LogP contribution in [0, 0.1) is 11.7 Å². The predicted molar refractivity (Wildman–Crippen MR) is 117 cm³/mol. The maximum atomic E-state index is 11.7. The van der Waals surface area contributed by atoms with Gasteiger partial charge >= 0.3 is 0 Å². The molecule has 152 valence electrons. The summed E-state index contributed by atoms with van der Waals surface area (Å²) in [5.74, 6) is 0.843. The van der Waals surface area contributed by atoms with Crippen molar-refractivity contribution >= 4 is 18.1 Å². The molecule has 0 aliphatic carbocycles. The summed E-state index contributed by atoms with van der Waals surface area (Å²) in [6.45, 7) is 6.45. The van der Waals surface area contributed by atoms with Crippen LogP contribution in [0.1, 0.15) is 28.4 Å². The SMILES string of the molecule is CCn1c(-c2ccccc2C)nn(C[NH+](C)Cc2ccc(C(=O)NC)cc2)c1=S. The first kappa shape index (κ1) is 21.0. The van der Waals surface area contributed by atoms with Gasteiger partial charge in [-0.1, -0.05) is 36.4 Å². The van der Waals surface area contributed by atoms with Crippen LogP contribution in [-0.4, -0.2) is 34.4 Å². The van der Waals surface area contributed by atoms with Gasteiger partial charge in [0.25, 0.3) is 5.91 Å². The summed E-state index contributed by atoms with van der Waals surface area (Å²) in [4.78, 5) is 12.9. The maximum Gasteiger partial charge on any atom is 0.251 e. The van der Waals surface area contributed by atoms with Crippen molar-refractivity contribution in [3.8, 4) is 11.4 Å². The van der Waals surface area contributed by atoms with Gasteiger partial charge in [0.1, 0.15) is 6.54 Å². The molecule has 0 bridgehead atoms. The second-order valence-corrected chi connectivity index (χ2v) is 7.60. The largest absolute Gasteiger partial charge is 0.355 e. The fraction of sp³-hybridized carbons (Fsp3) is 0.318. The van der Waals surface area contributed by atoms with E-state index in [9.17, 15) is 4.79 Å². The summed E-state index contributed by atoms with van der Waals surface area (Å²) in [7, 11) is 3.76. The first-order valence-corrected chi connectivity index (χ1v) is 10.2. The fourth-order valence-corrected chi connectivity index (χ4v) is 3.75. The van der Waals surface area contributed by atoms with Crippen molar-refractivity contribution in [3.05, 3.63) is 70.0 Å². The molecule has 2 N–H and O–H groups in total. The van der Waals surface area contributed by atoms with Crippen LogP contribution in [0.2, 0.25) is 0 Å². The lowest BCUT2D eigenvalue weighted by molar-refractivity contribution is -0.917. The second-order valence-electron chi connectivity index (χ2n) is 7.23. The number of nitrogens with zero attached hydrogens (tertiary/aromatic N) is 3. The molecule has 3 aromatic rings. The normalized spacial score (nSPS) is 12.0. The minimum absolute atomic E-state index is 0.0719. The van der Waals surface area contributed by atoms with E-state index in [1.807, 2.05) is 41.1 Å². The van der Waals surface area contributed by atoms with Crippen LogP contribution in [-0.2, 0) is 19.8 Å². The number of carbonyl (C=O) groups is 1. The molecule has 0 radical (unpaired) electrons. The highest BCUT2D eigenvalue weighted by Crippen LogP contribution is 2.22. The van der Waals surface area contributed by atoms with Gasteiger partial charge in [0, 0.05) is 30.3 Å². The molecular weight excluding hydrogens is 382 g/mol. The van der Waals surface area contributed by atoms with Gasteiger partial charge < -0.3 is 14.8 Å². The first-order chi connectivity index (χ1) is 13.9. The Kier molecular flexibility index (Phi) is 6.61. The monoisotopic (exact) mass is 410 g/mol. The van der Waals surface area contributed by atoms with Crippen LogP contribution < -0.4 is 10.2 Å². The highest BCUT2D eigenvalue weighted by Gasteiger charge is 2.16. The number of nitrogens with one attached hydrogen (secondary N) is 2. The molecule has 29 heavy (non-hydrogen) atoms. The number of hydrogen-bond acceptors (Lipinski definition) is 3. The number of benzene rings is 2. The molecule has 0 spiro atoms. The van der Waals surface area contributed by atoms with Crippen molar-refractivity contribution in [1.29, 1.82) is 0 Å². The van der Waals surface area contributed by atoms with E-state index < -0.39 is 0 Å². The molecule has 0 aliphatic heterocycles. The molecule has 1 amide bonds. The van der Waals surface area contributed by atoms with Gasteiger partial charge in [0.2, 0.25) is 4.77 Å². The minimum atomic E-state index is -0.0719. The Hall–Kier alpha value is -2.77. The number of aromatic nitrogens is 3. The topological polar surface area (TPSA) is 56.3 Å². The van der Waals surface area contributed by atoms with Crippen molar-refractivity contribution in [2.45, 2.75) is 33.6 Å². The van der Waals surface area contributed by atoms with E-state index in [1.165, 1.54) is 10.5 Å². The van der Waals surface area contributed by atoms with Gasteiger partial charge in [-0.25, -0.2) is 0 Å². The Morgan fingerprint density at radius 2 is 1.86 bits per heavy atom. The molecule has 6 nitrogen and oxygen atoms in total. The van der Waals surface area contributed by atoms with Crippen molar-refractivity contribution in [2.24, 2.45) is 0 Å². The summed E-state index contributed by atoms with van der Waals surface area (Å²) in [6, 6.07) is 16.0. The van der Waals surface area contributed by atoms with Gasteiger partial charge in [-0.3, -0.25) is 4.79 Å². The van der Waals surface area contributed by atoms with Gasteiger partial charge in [0.05, 0.1) is 7.05 Å². The first-order valence-electron chi connectivity index (χ1n) is 9.80. The van der Waals surface area contributed by atoms with Crippen LogP contribution in [0.15, 0.2) is 48.5 Å². The van der Waals surface area contributed by atoms with Crippen molar-refractivity contribution in [3.63, 3.8) is 0 Å². The zero-order valence-electron chi connectivity index (χ0n) is 17.4. The summed E-state index contributed by atoms with van der Waals surface area (Å²) in [5.41, 5.74) is 4.13. The predicted octanol–water partition coefficient (Wildman–Crippen LogP) is 2.44. The number of amides is 1. The molecule has 7 heteroatoms. The van der Waals surface area contributed by atoms with E-state index in [-0.39, 0.29) is 5.91 Å². The Bertz CT molecular complexity index is 1050.